The monoisotopic (exact) mass is 233 g/mol. The predicted molar refractivity (Wildman–Crippen MR) is 64.5 cm³/mol. The number of fused-ring (bicyclic) bond motifs is 1. The number of hydrogen-bond acceptors (Lipinski definition) is 2. The van der Waals surface area contributed by atoms with E-state index in [1.54, 1.807) is 18.2 Å². The van der Waals surface area contributed by atoms with E-state index in [9.17, 15) is 8.42 Å². The minimum atomic E-state index is -3.47. The normalized spacial score (nSPS) is 11.2. The molecule has 0 atom stereocenters. The Hall–Kier alpha value is -1.81. The lowest BCUT2D eigenvalue weighted by Gasteiger charge is -2.04. The Bertz CT molecular complexity index is 632. The molecule has 0 bridgehead atoms. The van der Waals surface area contributed by atoms with Crippen LogP contribution in [0.4, 0.5) is 0 Å². The molecule has 0 heterocycles. The van der Waals surface area contributed by atoms with Crippen molar-refractivity contribution in [3.63, 3.8) is 0 Å². The fourth-order valence-electron chi connectivity index (χ4n) is 1.51. The Morgan fingerprint density at radius 3 is 2.44 bits per heavy atom. The fraction of sp³-hybridized carbons (Fsp3) is 0. The van der Waals surface area contributed by atoms with Crippen LogP contribution in [-0.2, 0) is 10.0 Å². The van der Waals surface area contributed by atoms with Crippen molar-refractivity contribution in [2.75, 3.05) is 0 Å². The summed E-state index contributed by atoms with van der Waals surface area (Å²) in [5, 5.41) is 1.91. The van der Waals surface area contributed by atoms with Crippen molar-refractivity contribution in [2.45, 2.75) is 4.90 Å². The summed E-state index contributed by atoms with van der Waals surface area (Å²) in [6.45, 7) is 3.34. The van der Waals surface area contributed by atoms with Gasteiger partial charge in [-0.3, -0.25) is 4.72 Å². The second kappa shape index (κ2) is 3.98. The summed E-state index contributed by atoms with van der Waals surface area (Å²) in [4.78, 5) is 0.242. The van der Waals surface area contributed by atoms with Crippen LogP contribution in [0.2, 0.25) is 0 Å². The first-order valence-electron chi connectivity index (χ1n) is 4.75. The smallest absolute Gasteiger partial charge is 0.261 e. The van der Waals surface area contributed by atoms with Gasteiger partial charge in [-0.2, -0.15) is 0 Å². The summed E-state index contributed by atoms with van der Waals surface area (Å²) in [6.07, 6.45) is 1.16. The van der Waals surface area contributed by atoms with Crippen molar-refractivity contribution in [1.82, 2.24) is 4.72 Å². The van der Waals surface area contributed by atoms with Gasteiger partial charge in [0.05, 0.1) is 4.90 Å². The van der Waals surface area contributed by atoms with Crippen LogP contribution in [0.15, 0.2) is 60.1 Å². The zero-order valence-corrected chi connectivity index (χ0v) is 9.37. The Morgan fingerprint density at radius 1 is 1.06 bits per heavy atom. The van der Waals surface area contributed by atoms with Crippen LogP contribution in [0, 0.1) is 0 Å². The average Bonchev–Trinajstić information content (AvgIpc) is 2.28. The summed E-state index contributed by atoms with van der Waals surface area (Å²) >= 11 is 0. The average molecular weight is 233 g/mol. The summed E-state index contributed by atoms with van der Waals surface area (Å²) in [5.74, 6) is 0. The second-order valence-electron chi connectivity index (χ2n) is 3.33. The van der Waals surface area contributed by atoms with Crippen molar-refractivity contribution in [3.05, 3.63) is 55.2 Å². The second-order valence-corrected chi connectivity index (χ2v) is 5.05. The fourth-order valence-corrected chi connectivity index (χ4v) is 2.40. The van der Waals surface area contributed by atoms with Crippen molar-refractivity contribution in [3.8, 4) is 0 Å². The lowest BCUT2D eigenvalue weighted by Crippen LogP contribution is -2.17. The van der Waals surface area contributed by atoms with Gasteiger partial charge < -0.3 is 0 Å². The van der Waals surface area contributed by atoms with E-state index in [0.29, 0.717) is 0 Å². The highest BCUT2D eigenvalue weighted by Crippen LogP contribution is 2.18. The standard InChI is InChI=1S/C12H11NO2S/c1-2-13-16(14,15)12-8-7-10-5-3-4-6-11(10)9-12/h2-9,13H,1H2. The van der Waals surface area contributed by atoms with Crippen molar-refractivity contribution < 1.29 is 8.42 Å². The molecular formula is C12H11NO2S. The van der Waals surface area contributed by atoms with Gasteiger partial charge in [-0.05, 0) is 22.9 Å². The van der Waals surface area contributed by atoms with Gasteiger partial charge in [0.15, 0.2) is 0 Å². The topological polar surface area (TPSA) is 46.2 Å². The molecule has 2 aromatic carbocycles. The van der Waals surface area contributed by atoms with Crippen LogP contribution in [0.3, 0.4) is 0 Å². The third kappa shape index (κ3) is 1.92. The van der Waals surface area contributed by atoms with E-state index in [1.165, 1.54) is 0 Å². The van der Waals surface area contributed by atoms with Gasteiger partial charge >= 0.3 is 0 Å². The molecule has 0 spiro atoms. The number of sulfonamides is 1. The SMILES string of the molecule is C=CNS(=O)(=O)c1ccc2ccccc2c1. The molecule has 82 valence electrons. The van der Waals surface area contributed by atoms with Crippen molar-refractivity contribution >= 4 is 20.8 Å². The molecule has 3 nitrogen and oxygen atoms in total. The van der Waals surface area contributed by atoms with Gasteiger partial charge in [0.1, 0.15) is 0 Å². The molecule has 0 aliphatic carbocycles. The first-order chi connectivity index (χ1) is 7.63. The maximum Gasteiger partial charge on any atom is 0.261 e. The highest BCUT2D eigenvalue weighted by atomic mass is 32.2. The van der Waals surface area contributed by atoms with Gasteiger partial charge in [-0.15, -0.1) is 0 Å². The van der Waals surface area contributed by atoms with E-state index in [2.05, 4.69) is 11.3 Å². The molecule has 0 radical (unpaired) electrons. The molecule has 2 rings (SSSR count). The molecule has 16 heavy (non-hydrogen) atoms. The van der Waals surface area contributed by atoms with E-state index in [0.717, 1.165) is 17.0 Å². The molecule has 0 amide bonds. The Balaban J connectivity index is 2.59. The number of nitrogens with one attached hydrogen (secondary N) is 1. The summed E-state index contributed by atoms with van der Waals surface area (Å²) in [7, 11) is -3.47. The van der Waals surface area contributed by atoms with Gasteiger partial charge in [0.25, 0.3) is 10.0 Å². The highest BCUT2D eigenvalue weighted by molar-refractivity contribution is 7.89. The molecule has 0 unspecified atom stereocenters. The van der Waals surface area contributed by atoms with Gasteiger partial charge in [-0.25, -0.2) is 8.42 Å². The van der Waals surface area contributed by atoms with Crippen molar-refractivity contribution in [1.29, 1.82) is 0 Å². The van der Waals surface area contributed by atoms with Crippen LogP contribution in [-0.4, -0.2) is 8.42 Å². The number of hydrogen-bond donors (Lipinski definition) is 1. The van der Waals surface area contributed by atoms with Crippen LogP contribution in [0.5, 0.6) is 0 Å². The first-order valence-corrected chi connectivity index (χ1v) is 6.24. The zero-order valence-electron chi connectivity index (χ0n) is 8.55. The van der Waals surface area contributed by atoms with E-state index < -0.39 is 10.0 Å². The number of rotatable bonds is 3. The van der Waals surface area contributed by atoms with Crippen LogP contribution in [0.25, 0.3) is 10.8 Å². The molecule has 0 saturated heterocycles. The minimum Gasteiger partial charge on any atom is -0.287 e. The lowest BCUT2D eigenvalue weighted by molar-refractivity contribution is 0.591. The predicted octanol–water partition coefficient (Wildman–Crippen LogP) is 2.26. The Labute approximate surface area is 94.5 Å². The van der Waals surface area contributed by atoms with Crippen LogP contribution in [0.1, 0.15) is 0 Å². The Morgan fingerprint density at radius 2 is 1.75 bits per heavy atom. The molecule has 0 aromatic heterocycles. The van der Waals surface area contributed by atoms with E-state index >= 15 is 0 Å². The third-order valence-corrected chi connectivity index (χ3v) is 3.62. The minimum absolute atomic E-state index is 0.242. The van der Waals surface area contributed by atoms with Gasteiger partial charge in [-0.1, -0.05) is 36.9 Å². The van der Waals surface area contributed by atoms with E-state index in [1.807, 2.05) is 24.3 Å². The summed E-state index contributed by atoms with van der Waals surface area (Å²) in [6, 6.07) is 12.6. The zero-order chi connectivity index (χ0) is 11.6. The first kappa shape index (κ1) is 10.7. The molecule has 0 saturated carbocycles. The van der Waals surface area contributed by atoms with E-state index in [-0.39, 0.29) is 4.90 Å². The van der Waals surface area contributed by atoms with Crippen molar-refractivity contribution in [2.24, 2.45) is 0 Å². The maximum atomic E-state index is 11.7. The quantitative estimate of drug-likeness (QED) is 0.883. The molecule has 0 aliphatic heterocycles. The largest absolute Gasteiger partial charge is 0.287 e. The lowest BCUT2D eigenvalue weighted by atomic mass is 10.1. The number of benzene rings is 2. The van der Waals surface area contributed by atoms with Crippen LogP contribution < -0.4 is 4.72 Å². The molecular weight excluding hydrogens is 222 g/mol. The Kier molecular flexibility index (Phi) is 2.66. The van der Waals surface area contributed by atoms with Crippen LogP contribution >= 0.6 is 0 Å². The summed E-state index contributed by atoms with van der Waals surface area (Å²) < 4.78 is 25.6. The molecule has 2 aromatic rings. The summed E-state index contributed by atoms with van der Waals surface area (Å²) in [5.41, 5.74) is 0. The maximum absolute atomic E-state index is 11.7. The van der Waals surface area contributed by atoms with Gasteiger partial charge in [0.2, 0.25) is 0 Å². The molecule has 0 aliphatic rings. The third-order valence-electron chi connectivity index (χ3n) is 2.27. The highest BCUT2D eigenvalue weighted by Gasteiger charge is 2.11. The van der Waals surface area contributed by atoms with Gasteiger partial charge in [0, 0.05) is 6.20 Å². The molecule has 0 fully saturated rings. The molecule has 1 N–H and O–H groups in total. The van der Waals surface area contributed by atoms with E-state index in [4.69, 9.17) is 0 Å². The molecule has 4 heteroatoms.